The molecule has 19 heavy (non-hydrogen) atoms. The third-order valence-electron chi connectivity index (χ3n) is 3.55. The van der Waals surface area contributed by atoms with E-state index in [1.54, 1.807) is 23.5 Å². The zero-order valence-electron chi connectivity index (χ0n) is 10.5. The predicted molar refractivity (Wildman–Crippen MR) is 74.5 cm³/mol. The minimum absolute atomic E-state index is 0.104. The zero-order valence-corrected chi connectivity index (χ0v) is 11.3. The molecule has 0 unspecified atom stereocenters. The summed E-state index contributed by atoms with van der Waals surface area (Å²) in [5, 5.41) is 12.0. The summed E-state index contributed by atoms with van der Waals surface area (Å²) in [7, 11) is 0. The van der Waals surface area contributed by atoms with Gasteiger partial charge in [0, 0.05) is 24.0 Å². The van der Waals surface area contributed by atoms with E-state index in [0.717, 1.165) is 12.1 Å². The predicted octanol–water partition coefficient (Wildman–Crippen LogP) is 3.20. The van der Waals surface area contributed by atoms with Crippen LogP contribution in [0.1, 0.15) is 22.9 Å². The first kappa shape index (κ1) is 12.8. The topological polar surface area (TPSA) is 23.5 Å². The molecule has 1 fully saturated rings. The van der Waals surface area contributed by atoms with Gasteiger partial charge in [-0.25, -0.2) is 4.39 Å². The number of nitrogens with zero attached hydrogens (tertiary/aromatic N) is 1. The number of benzene rings is 1. The molecular formula is C15H16FNOS. The highest BCUT2D eigenvalue weighted by Crippen LogP contribution is 2.34. The third-order valence-corrected chi connectivity index (χ3v) is 4.41. The van der Waals surface area contributed by atoms with E-state index in [1.165, 1.54) is 10.9 Å². The van der Waals surface area contributed by atoms with Gasteiger partial charge >= 0.3 is 0 Å². The lowest BCUT2D eigenvalue weighted by molar-refractivity contribution is 0.173. The van der Waals surface area contributed by atoms with E-state index < -0.39 is 0 Å². The summed E-state index contributed by atoms with van der Waals surface area (Å²) in [6.07, 6.45) is 0.350. The molecule has 2 nitrogen and oxygen atoms in total. The van der Waals surface area contributed by atoms with Crippen molar-refractivity contribution >= 4 is 11.3 Å². The standard InChI is InChI=1S/C15H16FNOS/c16-12-4-1-3-11(7-12)15-8-13(18)9-17(15)10-14-5-2-6-19-14/h1-7,13,15,18H,8-10H2/t13-,15+/m1/s1. The van der Waals surface area contributed by atoms with Crippen molar-refractivity contribution in [2.24, 2.45) is 0 Å². The second-order valence-corrected chi connectivity index (χ2v) is 6.00. The Kier molecular flexibility index (Phi) is 3.64. The molecule has 0 amide bonds. The Hall–Kier alpha value is -1.23. The molecule has 4 heteroatoms. The second-order valence-electron chi connectivity index (χ2n) is 4.97. The molecule has 0 saturated carbocycles. The molecule has 0 spiro atoms. The summed E-state index contributed by atoms with van der Waals surface area (Å²) in [5.41, 5.74) is 0.952. The molecule has 2 heterocycles. The molecule has 1 aromatic carbocycles. The van der Waals surface area contributed by atoms with Crippen LogP contribution in [0.15, 0.2) is 41.8 Å². The van der Waals surface area contributed by atoms with Gasteiger partial charge in [-0.2, -0.15) is 0 Å². The van der Waals surface area contributed by atoms with Gasteiger partial charge in [-0.05, 0) is 35.6 Å². The van der Waals surface area contributed by atoms with Crippen LogP contribution in [0.4, 0.5) is 4.39 Å². The molecule has 1 aromatic heterocycles. The number of rotatable bonds is 3. The number of thiophene rings is 1. The Labute approximate surface area is 116 Å². The average Bonchev–Trinajstić information content (AvgIpc) is 3.00. The van der Waals surface area contributed by atoms with Crippen molar-refractivity contribution < 1.29 is 9.50 Å². The van der Waals surface area contributed by atoms with Crippen LogP contribution in [0.5, 0.6) is 0 Å². The van der Waals surface area contributed by atoms with E-state index in [-0.39, 0.29) is 18.0 Å². The Morgan fingerprint density at radius 1 is 1.32 bits per heavy atom. The number of likely N-dealkylation sites (tertiary alicyclic amines) is 1. The first-order chi connectivity index (χ1) is 9.22. The van der Waals surface area contributed by atoms with Crippen molar-refractivity contribution in [1.82, 2.24) is 4.90 Å². The molecule has 2 atom stereocenters. The number of aliphatic hydroxyl groups is 1. The van der Waals surface area contributed by atoms with Crippen LogP contribution < -0.4 is 0 Å². The van der Waals surface area contributed by atoms with Crippen LogP contribution in [0, 0.1) is 5.82 Å². The zero-order chi connectivity index (χ0) is 13.2. The van der Waals surface area contributed by atoms with Gasteiger partial charge < -0.3 is 5.11 Å². The summed E-state index contributed by atoms with van der Waals surface area (Å²) < 4.78 is 13.3. The van der Waals surface area contributed by atoms with E-state index in [4.69, 9.17) is 0 Å². The monoisotopic (exact) mass is 277 g/mol. The molecule has 1 aliphatic rings. The third kappa shape index (κ3) is 2.86. The Balaban J connectivity index is 1.82. The van der Waals surface area contributed by atoms with Gasteiger partial charge in [-0.3, -0.25) is 4.90 Å². The van der Waals surface area contributed by atoms with Crippen LogP contribution in [0.25, 0.3) is 0 Å². The van der Waals surface area contributed by atoms with Crippen molar-refractivity contribution in [3.63, 3.8) is 0 Å². The van der Waals surface area contributed by atoms with Crippen LogP contribution in [0.2, 0.25) is 0 Å². The maximum absolute atomic E-state index is 13.3. The second kappa shape index (κ2) is 5.41. The van der Waals surface area contributed by atoms with Gasteiger partial charge in [-0.15, -0.1) is 11.3 Å². The SMILES string of the molecule is O[C@@H]1C[C@@H](c2cccc(F)c2)N(Cc2cccs2)C1. The fraction of sp³-hybridized carbons (Fsp3) is 0.333. The van der Waals surface area contributed by atoms with Crippen LogP contribution >= 0.6 is 11.3 Å². The van der Waals surface area contributed by atoms with E-state index in [0.29, 0.717) is 13.0 Å². The minimum atomic E-state index is -0.326. The highest BCUT2D eigenvalue weighted by Gasteiger charge is 2.32. The van der Waals surface area contributed by atoms with E-state index in [9.17, 15) is 9.50 Å². The van der Waals surface area contributed by atoms with Crippen molar-refractivity contribution in [3.05, 3.63) is 58.0 Å². The highest BCUT2D eigenvalue weighted by atomic mass is 32.1. The lowest BCUT2D eigenvalue weighted by Gasteiger charge is -2.23. The largest absolute Gasteiger partial charge is 0.392 e. The molecular weight excluding hydrogens is 261 g/mol. The Morgan fingerprint density at radius 3 is 2.95 bits per heavy atom. The Bertz CT molecular complexity index is 543. The van der Waals surface area contributed by atoms with Gasteiger partial charge in [0.25, 0.3) is 0 Å². The molecule has 3 rings (SSSR count). The number of β-amino-alcohol motifs (C(OH)–C–C–N with tert-alkyl or cyclic N) is 1. The quantitative estimate of drug-likeness (QED) is 0.931. The fourth-order valence-electron chi connectivity index (χ4n) is 2.72. The first-order valence-corrected chi connectivity index (χ1v) is 7.30. The summed E-state index contributed by atoms with van der Waals surface area (Å²) >= 11 is 1.71. The molecule has 0 radical (unpaired) electrons. The summed E-state index contributed by atoms with van der Waals surface area (Å²) in [4.78, 5) is 3.50. The van der Waals surface area contributed by atoms with Gasteiger partial charge in [0.15, 0.2) is 0 Å². The van der Waals surface area contributed by atoms with Crippen LogP contribution in [0.3, 0.4) is 0 Å². The van der Waals surface area contributed by atoms with E-state index in [2.05, 4.69) is 16.3 Å². The number of halogens is 1. The average molecular weight is 277 g/mol. The smallest absolute Gasteiger partial charge is 0.123 e. The first-order valence-electron chi connectivity index (χ1n) is 6.42. The van der Waals surface area contributed by atoms with Gasteiger partial charge in [0.1, 0.15) is 5.82 Å². The number of hydrogen-bond acceptors (Lipinski definition) is 3. The summed E-state index contributed by atoms with van der Waals surface area (Å²) in [5.74, 6) is -0.213. The summed E-state index contributed by atoms with van der Waals surface area (Å²) in [6, 6.07) is 10.9. The highest BCUT2D eigenvalue weighted by molar-refractivity contribution is 7.09. The number of aliphatic hydroxyl groups excluding tert-OH is 1. The molecule has 1 N–H and O–H groups in total. The van der Waals surface area contributed by atoms with Gasteiger partial charge in [0.2, 0.25) is 0 Å². The lowest BCUT2D eigenvalue weighted by Crippen LogP contribution is -2.23. The van der Waals surface area contributed by atoms with Crippen molar-refractivity contribution in [2.45, 2.75) is 25.1 Å². The minimum Gasteiger partial charge on any atom is -0.392 e. The van der Waals surface area contributed by atoms with Crippen LogP contribution in [-0.4, -0.2) is 22.7 Å². The van der Waals surface area contributed by atoms with Gasteiger partial charge in [-0.1, -0.05) is 18.2 Å². The molecule has 1 aliphatic heterocycles. The normalized spacial score (nSPS) is 23.9. The number of hydrogen-bond donors (Lipinski definition) is 1. The molecule has 100 valence electrons. The van der Waals surface area contributed by atoms with Crippen molar-refractivity contribution in [2.75, 3.05) is 6.54 Å². The van der Waals surface area contributed by atoms with Crippen molar-refractivity contribution in [3.8, 4) is 0 Å². The molecule has 0 aliphatic carbocycles. The Morgan fingerprint density at radius 2 is 2.21 bits per heavy atom. The lowest BCUT2D eigenvalue weighted by atomic mass is 10.0. The molecule has 2 aromatic rings. The summed E-state index contributed by atoms with van der Waals surface area (Å²) in [6.45, 7) is 1.47. The van der Waals surface area contributed by atoms with Crippen LogP contribution in [-0.2, 0) is 6.54 Å². The fourth-order valence-corrected chi connectivity index (χ4v) is 3.45. The van der Waals surface area contributed by atoms with E-state index in [1.807, 2.05) is 12.1 Å². The maximum Gasteiger partial charge on any atom is 0.123 e. The molecule has 1 saturated heterocycles. The van der Waals surface area contributed by atoms with Gasteiger partial charge in [0.05, 0.1) is 6.10 Å². The molecule has 0 bridgehead atoms. The maximum atomic E-state index is 13.3. The van der Waals surface area contributed by atoms with E-state index >= 15 is 0 Å². The van der Waals surface area contributed by atoms with Crippen molar-refractivity contribution in [1.29, 1.82) is 0 Å².